The first-order chi connectivity index (χ1) is 7.58. The summed E-state index contributed by atoms with van der Waals surface area (Å²) in [5.74, 6) is 0.438. The number of carbonyl (C=O) groups excluding carboxylic acids is 1. The van der Waals surface area contributed by atoms with Crippen molar-refractivity contribution in [2.45, 2.75) is 6.92 Å². The van der Waals surface area contributed by atoms with Crippen molar-refractivity contribution in [2.75, 3.05) is 14.1 Å². The van der Waals surface area contributed by atoms with Crippen LogP contribution in [0.2, 0.25) is 0 Å². The molecule has 16 heavy (non-hydrogen) atoms. The molecule has 1 aliphatic heterocycles. The number of pyridine rings is 1. The van der Waals surface area contributed by atoms with Crippen molar-refractivity contribution in [2.24, 2.45) is 5.10 Å². The fourth-order valence-corrected chi connectivity index (χ4v) is 1.37. The molecule has 0 fully saturated rings. The molecule has 0 spiro atoms. The van der Waals surface area contributed by atoms with Crippen molar-refractivity contribution in [3.63, 3.8) is 0 Å². The molecule has 0 aromatic carbocycles. The van der Waals surface area contributed by atoms with E-state index in [0.717, 1.165) is 5.69 Å². The van der Waals surface area contributed by atoms with E-state index in [0.29, 0.717) is 11.5 Å². The number of aryl methyl sites for hydroxylation is 1. The fourth-order valence-electron chi connectivity index (χ4n) is 1.37. The Labute approximate surface area is 93.5 Å². The van der Waals surface area contributed by atoms with E-state index in [-0.39, 0.29) is 6.03 Å². The van der Waals surface area contributed by atoms with Crippen molar-refractivity contribution < 1.29 is 4.79 Å². The van der Waals surface area contributed by atoms with E-state index in [2.05, 4.69) is 15.5 Å². The largest absolute Gasteiger partial charge is 0.360 e. The minimum absolute atomic E-state index is 0.267. The highest BCUT2D eigenvalue weighted by Crippen LogP contribution is 2.07. The van der Waals surface area contributed by atoms with Crippen LogP contribution in [0.3, 0.4) is 0 Å². The molecule has 1 aromatic heterocycles. The lowest BCUT2D eigenvalue weighted by atomic mass is 10.3. The molecule has 2 amide bonds. The molecule has 1 radical (unpaired) electrons. The normalized spacial score (nSPS) is 15.9. The van der Waals surface area contributed by atoms with Crippen LogP contribution in [0.5, 0.6) is 0 Å². The molecule has 0 N–H and O–H groups in total. The van der Waals surface area contributed by atoms with E-state index in [9.17, 15) is 4.79 Å². The Morgan fingerprint density at radius 3 is 2.56 bits per heavy atom. The topological polar surface area (TPSA) is 62.9 Å². The average Bonchev–Trinajstić information content (AvgIpc) is 2.25. The molecule has 1 aliphatic rings. The van der Waals surface area contributed by atoms with Gasteiger partial charge in [-0.1, -0.05) is 6.07 Å². The minimum Gasteiger partial charge on any atom is -0.250 e. The Kier molecular flexibility index (Phi) is 2.47. The number of hydrogen-bond acceptors (Lipinski definition) is 3. The fraction of sp³-hybridized carbons (Fsp3) is 0.300. The van der Waals surface area contributed by atoms with Crippen LogP contribution in [0.25, 0.3) is 0 Å². The zero-order valence-corrected chi connectivity index (χ0v) is 9.38. The summed E-state index contributed by atoms with van der Waals surface area (Å²) in [7, 11) is 3.17. The molecule has 6 nitrogen and oxygen atoms in total. The highest BCUT2D eigenvalue weighted by atomic mass is 16.2. The Morgan fingerprint density at radius 1 is 1.19 bits per heavy atom. The predicted octanol–water partition coefficient (Wildman–Crippen LogP) is 0.568. The second-order valence-corrected chi connectivity index (χ2v) is 3.52. The van der Waals surface area contributed by atoms with Gasteiger partial charge in [-0.25, -0.2) is 19.8 Å². The van der Waals surface area contributed by atoms with Crippen molar-refractivity contribution in [3.05, 3.63) is 29.6 Å². The smallest absolute Gasteiger partial charge is 0.250 e. The zero-order chi connectivity index (χ0) is 11.7. The monoisotopic (exact) mass is 218 g/mol. The van der Waals surface area contributed by atoms with Crippen molar-refractivity contribution in [1.82, 2.24) is 20.4 Å². The van der Waals surface area contributed by atoms with E-state index >= 15 is 0 Å². The third-order valence-corrected chi connectivity index (χ3v) is 2.16. The molecular weight excluding hydrogens is 206 g/mol. The first-order valence-electron chi connectivity index (χ1n) is 4.83. The van der Waals surface area contributed by atoms with Gasteiger partial charge in [-0.15, -0.1) is 10.5 Å². The van der Waals surface area contributed by atoms with Crippen LogP contribution in [0.4, 0.5) is 4.79 Å². The average molecular weight is 218 g/mol. The van der Waals surface area contributed by atoms with Crippen LogP contribution in [0.1, 0.15) is 11.4 Å². The maximum Gasteiger partial charge on any atom is 0.360 e. The third-order valence-electron chi connectivity index (χ3n) is 2.16. The number of amidine groups is 1. The van der Waals surface area contributed by atoms with Gasteiger partial charge >= 0.3 is 6.03 Å². The quantitative estimate of drug-likeness (QED) is 0.691. The van der Waals surface area contributed by atoms with Gasteiger partial charge in [0.25, 0.3) is 0 Å². The summed E-state index contributed by atoms with van der Waals surface area (Å²) in [4.78, 5) is 15.7. The number of urea groups is 1. The summed E-state index contributed by atoms with van der Waals surface area (Å²) in [6.45, 7) is 1.89. The van der Waals surface area contributed by atoms with Crippen LogP contribution in [-0.4, -0.2) is 41.0 Å². The van der Waals surface area contributed by atoms with Gasteiger partial charge in [0, 0.05) is 19.8 Å². The first-order valence-corrected chi connectivity index (χ1v) is 4.83. The molecule has 0 aliphatic carbocycles. The SMILES string of the molecule is Cc1cccc(C2=NN(C)C(=O)N(C)[N]2)n1. The summed E-state index contributed by atoms with van der Waals surface area (Å²) in [5, 5.41) is 6.54. The molecule has 1 aromatic rings. The third kappa shape index (κ3) is 1.81. The molecule has 2 heterocycles. The number of hydrazone groups is 1. The van der Waals surface area contributed by atoms with Gasteiger partial charge < -0.3 is 0 Å². The van der Waals surface area contributed by atoms with Crippen molar-refractivity contribution in [3.8, 4) is 0 Å². The number of rotatable bonds is 1. The summed E-state index contributed by atoms with van der Waals surface area (Å²) in [5.41, 5.74) is 5.60. The van der Waals surface area contributed by atoms with Gasteiger partial charge in [0.1, 0.15) is 5.69 Å². The number of amides is 2. The zero-order valence-electron chi connectivity index (χ0n) is 9.38. The Balaban J connectivity index is 2.35. The van der Waals surface area contributed by atoms with E-state index in [4.69, 9.17) is 0 Å². The summed E-state index contributed by atoms with van der Waals surface area (Å²) in [6.07, 6.45) is 0. The van der Waals surface area contributed by atoms with Crippen LogP contribution < -0.4 is 5.43 Å². The Morgan fingerprint density at radius 2 is 1.94 bits per heavy atom. The number of nitrogens with zero attached hydrogens (tertiary/aromatic N) is 5. The lowest BCUT2D eigenvalue weighted by Crippen LogP contribution is -2.48. The molecule has 0 saturated heterocycles. The maximum atomic E-state index is 11.4. The van der Waals surface area contributed by atoms with Gasteiger partial charge in [-0.2, -0.15) is 0 Å². The molecule has 6 heteroatoms. The van der Waals surface area contributed by atoms with Crippen LogP contribution in [0, 0.1) is 6.92 Å². The van der Waals surface area contributed by atoms with Gasteiger partial charge in [0.15, 0.2) is 0 Å². The van der Waals surface area contributed by atoms with Crippen molar-refractivity contribution >= 4 is 11.9 Å². The van der Waals surface area contributed by atoms with E-state index in [1.54, 1.807) is 14.1 Å². The molecule has 2 rings (SSSR count). The molecule has 0 unspecified atom stereocenters. The van der Waals surface area contributed by atoms with E-state index < -0.39 is 0 Å². The van der Waals surface area contributed by atoms with Gasteiger partial charge in [-0.05, 0) is 19.1 Å². The van der Waals surface area contributed by atoms with E-state index in [1.165, 1.54) is 10.0 Å². The maximum absolute atomic E-state index is 11.4. The lowest BCUT2D eigenvalue weighted by Gasteiger charge is -2.26. The molecule has 83 valence electrons. The Bertz CT molecular complexity index is 456. The highest BCUT2D eigenvalue weighted by molar-refractivity contribution is 5.99. The second kappa shape index (κ2) is 3.80. The number of aromatic nitrogens is 1. The van der Waals surface area contributed by atoms with Gasteiger partial charge in [0.2, 0.25) is 5.84 Å². The highest BCUT2D eigenvalue weighted by Gasteiger charge is 2.24. The van der Waals surface area contributed by atoms with Gasteiger partial charge in [-0.3, -0.25) is 0 Å². The number of hydrogen-bond donors (Lipinski definition) is 0. The number of carbonyl (C=O) groups is 1. The van der Waals surface area contributed by atoms with Crippen LogP contribution in [0.15, 0.2) is 23.3 Å². The molecular formula is C10H12N5O. The van der Waals surface area contributed by atoms with Crippen LogP contribution in [-0.2, 0) is 0 Å². The standard InChI is InChI=1S/C10H12N5O/c1-7-5-4-6-8(11-7)9-12-14(2)10(16)15(3)13-9/h4-6H,1-3H3. The van der Waals surface area contributed by atoms with Crippen molar-refractivity contribution in [1.29, 1.82) is 0 Å². The first kappa shape index (κ1) is 10.4. The second-order valence-electron chi connectivity index (χ2n) is 3.52. The summed E-state index contributed by atoms with van der Waals surface area (Å²) < 4.78 is 0. The Hall–Kier alpha value is -2.11. The summed E-state index contributed by atoms with van der Waals surface area (Å²) >= 11 is 0. The predicted molar refractivity (Wildman–Crippen MR) is 58.6 cm³/mol. The van der Waals surface area contributed by atoms with E-state index in [1.807, 2.05) is 25.1 Å². The lowest BCUT2D eigenvalue weighted by molar-refractivity contribution is 0.155. The molecule has 0 atom stereocenters. The summed E-state index contributed by atoms with van der Waals surface area (Å²) in [6, 6.07) is 5.32. The van der Waals surface area contributed by atoms with Crippen LogP contribution >= 0.6 is 0 Å². The molecule has 0 bridgehead atoms. The minimum atomic E-state index is -0.267. The van der Waals surface area contributed by atoms with Gasteiger partial charge in [0.05, 0.1) is 0 Å². The molecule has 0 saturated carbocycles.